The number of unbranched alkanes of at least 4 members (excludes halogenated alkanes) is 4. The Hall–Kier alpha value is -3.01. The van der Waals surface area contributed by atoms with Crippen LogP contribution in [0.4, 0.5) is 13.2 Å². The SMILES string of the molecule is CCCCCCCc1ccc2c(ccc3cc(-c4ccc(OC(F)F)cc4)c(F)cc32)c1. The van der Waals surface area contributed by atoms with E-state index in [4.69, 9.17) is 0 Å². The van der Waals surface area contributed by atoms with Crippen molar-refractivity contribution in [1.29, 1.82) is 0 Å². The van der Waals surface area contributed by atoms with Crippen LogP contribution in [0.2, 0.25) is 0 Å². The second-order valence-corrected chi connectivity index (χ2v) is 8.24. The maximum atomic E-state index is 15.0. The molecule has 0 amide bonds. The highest BCUT2D eigenvalue weighted by atomic mass is 19.3. The zero-order valence-corrected chi connectivity index (χ0v) is 18.2. The summed E-state index contributed by atoms with van der Waals surface area (Å²) >= 11 is 0. The highest BCUT2D eigenvalue weighted by Gasteiger charge is 2.11. The molecule has 0 bridgehead atoms. The third-order valence-corrected chi connectivity index (χ3v) is 5.95. The molecule has 166 valence electrons. The van der Waals surface area contributed by atoms with Crippen molar-refractivity contribution < 1.29 is 17.9 Å². The van der Waals surface area contributed by atoms with Crippen LogP contribution in [0, 0.1) is 5.82 Å². The lowest BCUT2D eigenvalue weighted by atomic mass is 9.95. The Morgan fingerprint density at radius 2 is 1.47 bits per heavy atom. The molecule has 0 aromatic heterocycles. The van der Waals surface area contributed by atoms with Gasteiger partial charge in [-0.2, -0.15) is 8.78 Å². The molecule has 0 spiro atoms. The molecule has 1 nitrogen and oxygen atoms in total. The number of ether oxygens (including phenoxy) is 1. The Morgan fingerprint density at radius 1 is 0.750 bits per heavy atom. The molecule has 32 heavy (non-hydrogen) atoms. The Kier molecular flexibility index (Phi) is 6.99. The first-order valence-electron chi connectivity index (χ1n) is 11.3. The van der Waals surface area contributed by atoms with E-state index in [0.717, 1.165) is 28.0 Å². The third kappa shape index (κ3) is 5.07. The minimum Gasteiger partial charge on any atom is -0.435 e. The summed E-state index contributed by atoms with van der Waals surface area (Å²) in [4.78, 5) is 0. The summed E-state index contributed by atoms with van der Waals surface area (Å²) in [5, 5.41) is 3.96. The lowest BCUT2D eigenvalue weighted by molar-refractivity contribution is -0.0498. The molecule has 0 aliphatic carbocycles. The third-order valence-electron chi connectivity index (χ3n) is 5.95. The normalized spacial score (nSPS) is 11.5. The van der Waals surface area contributed by atoms with E-state index >= 15 is 4.39 Å². The molecule has 0 atom stereocenters. The van der Waals surface area contributed by atoms with Crippen molar-refractivity contribution in [2.75, 3.05) is 0 Å². The lowest BCUT2D eigenvalue weighted by Gasteiger charge is -2.11. The van der Waals surface area contributed by atoms with Gasteiger partial charge in [-0.25, -0.2) is 4.39 Å². The first-order chi connectivity index (χ1) is 15.5. The van der Waals surface area contributed by atoms with Gasteiger partial charge in [0.05, 0.1) is 0 Å². The Morgan fingerprint density at radius 3 is 2.19 bits per heavy atom. The van der Waals surface area contributed by atoms with Gasteiger partial charge in [0.15, 0.2) is 0 Å². The van der Waals surface area contributed by atoms with Crippen molar-refractivity contribution in [2.45, 2.75) is 52.1 Å². The van der Waals surface area contributed by atoms with Crippen LogP contribution in [0.3, 0.4) is 0 Å². The van der Waals surface area contributed by atoms with Gasteiger partial charge < -0.3 is 4.74 Å². The van der Waals surface area contributed by atoms with E-state index in [1.165, 1.54) is 49.8 Å². The molecule has 0 saturated carbocycles. The van der Waals surface area contributed by atoms with E-state index in [1.807, 2.05) is 12.1 Å². The summed E-state index contributed by atoms with van der Waals surface area (Å²) in [5.41, 5.74) is 2.37. The molecule has 0 unspecified atom stereocenters. The Bertz CT molecular complexity index is 1200. The molecule has 0 saturated heterocycles. The largest absolute Gasteiger partial charge is 0.435 e. The molecule has 4 aromatic rings. The average Bonchev–Trinajstić information content (AvgIpc) is 2.78. The van der Waals surface area contributed by atoms with Crippen LogP contribution in [0.5, 0.6) is 5.75 Å². The zero-order valence-electron chi connectivity index (χ0n) is 18.2. The number of benzene rings is 4. The maximum absolute atomic E-state index is 15.0. The van der Waals surface area contributed by atoms with Gasteiger partial charge in [0.25, 0.3) is 0 Å². The van der Waals surface area contributed by atoms with E-state index in [-0.39, 0.29) is 11.6 Å². The van der Waals surface area contributed by atoms with Gasteiger partial charge in [-0.15, -0.1) is 0 Å². The van der Waals surface area contributed by atoms with Crippen molar-refractivity contribution in [3.63, 3.8) is 0 Å². The summed E-state index contributed by atoms with van der Waals surface area (Å²) in [7, 11) is 0. The molecule has 4 aromatic carbocycles. The van der Waals surface area contributed by atoms with Gasteiger partial charge in [0.2, 0.25) is 0 Å². The number of alkyl halides is 2. The quantitative estimate of drug-likeness (QED) is 0.188. The fourth-order valence-corrected chi connectivity index (χ4v) is 4.26. The van der Waals surface area contributed by atoms with Gasteiger partial charge in [-0.05, 0) is 69.8 Å². The van der Waals surface area contributed by atoms with Crippen LogP contribution in [-0.2, 0) is 6.42 Å². The van der Waals surface area contributed by atoms with Gasteiger partial charge in [-0.3, -0.25) is 0 Å². The van der Waals surface area contributed by atoms with Crippen LogP contribution in [0.1, 0.15) is 44.6 Å². The number of aryl methyl sites for hydroxylation is 1. The number of rotatable bonds is 9. The standard InChI is InChI=1S/C28H27F3O/c1-2-3-4-5-6-7-19-8-15-24-21(16-19)9-10-22-17-26(27(29)18-25(22)24)20-11-13-23(14-12-20)32-28(30)31/h8-18,28H,2-7H2,1H3. The van der Waals surface area contributed by atoms with Crippen LogP contribution >= 0.6 is 0 Å². The van der Waals surface area contributed by atoms with Crippen molar-refractivity contribution >= 4 is 21.5 Å². The predicted molar refractivity (Wildman–Crippen MR) is 126 cm³/mol. The number of fused-ring (bicyclic) bond motifs is 3. The minimum absolute atomic E-state index is 0.0529. The summed E-state index contributed by atoms with van der Waals surface area (Å²) in [5.74, 6) is -0.287. The van der Waals surface area contributed by atoms with Gasteiger partial charge >= 0.3 is 6.61 Å². The van der Waals surface area contributed by atoms with Gasteiger partial charge in [-0.1, -0.05) is 75.1 Å². The molecule has 0 heterocycles. The fraction of sp³-hybridized carbons (Fsp3) is 0.286. The lowest BCUT2D eigenvalue weighted by Crippen LogP contribution is -2.01. The van der Waals surface area contributed by atoms with E-state index in [0.29, 0.717) is 11.1 Å². The first kappa shape index (κ1) is 22.2. The molecule has 0 aliphatic rings. The topological polar surface area (TPSA) is 9.23 Å². The summed E-state index contributed by atoms with van der Waals surface area (Å²) in [6.07, 6.45) is 7.35. The molecular weight excluding hydrogens is 409 g/mol. The number of halogens is 3. The van der Waals surface area contributed by atoms with Gasteiger partial charge in [0.1, 0.15) is 11.6 Å². The molecule has 4 rings (SSSR count). The highest BCUT2D eigenvalue weighted by Crippen LogP contribution is 2.33. The van der Waals surface area contributed by atoms with E-state index < -0.39 is 6.61 Å². The molecular formula is C28H27F3O. The van der Waals surface area contributed by atoms with E-state index in [2.05, 4.69) is 35.9 Å². The van der Waals surface area contributed by atoms with E-state index in [9.17, 15) is 8.78 Å². The van der Waals surface area contributed by atoms with Crippen molar-refractivity contribution in [3.05, 3.63) is 78.1 Å². The molecule has 4 heteroatoms. The molecule has 0 radical (unpaired) electrons. The van der Waals surface area contributed by atoms with Gasteiger partial charge in [0, 0.05) is 5.56 Å². The molecule has 0 fully saturated rings. The van der Waals surface area contributed by atoms with Crippen LogP contribution in [-0.4, -0.2) is 6.61 Å². The molecule has 0 aliphatic heterocycles. The number of hydrogen-bond acceptors (Lipinski definition) is 1. The smallest absolute Gasteiger partial charge is 0.387 e. The predicted octanol–water partition coefficient (Wildman–Crippen LogP) is 8.91. The second kappa shape index (κ2) is 10.1. The zero-order chi connectivity index (χ0) is 22.5. The Labute approximate surface area is 186 Å². The highest BCUT2D eigenvalue weighted by molar-refractivity contribution is 6.08. The summed E-state index contributed by atoms with van der Waals surface area (Å²) < 4.78 is 44.1. The van der Waals surface area contributed by atoms with Crippen LogP contribution < -0.4 is 4.74 Å². The average molecular weight is 437 g/mol. The van der Waals surface area contributed by atoms with Crippen LogP contribution in [0.15, 0.2) is 66.7 Å². The van der Waals surface area contributed by atoms with Crippen molar-refractivity contribution in [2.24, 2.45) is 0 Å². The second-order valence-electron chi connectivity index (χ2n) is 8.24. The molecule has 0 N–H and O–H groups in total. The summed E-state index contributed by atoms with van der Waals surface area (Å²) in [6, 6.07) is 20.0. The Balaban J connectivity index is 1.60. The number of hydrogen-bond donors (Lipinski definition) is 0. The first-order valence-corrected chi connectivity index (χ1v) is 11.3. The summed E-state index contributed by atoms with van der Waals surface area (Å²) in [6.45, 7) is -0.658. The van der Waals surface area contributed by atoms with Crippen molar-refractivity contribution in [1.82, 2.24) is 0 Å². The maximum Gasteiger partial charge on any atom is 0.387 e. The van der Waals surface area contributed by atoms with E-state index in [1.54, 1.807) is 18.2 Å². The monoisotopic (exact) mass is 436 g/mol. The minimum atomic E-state index is -2.88. The van der Waals surface area contributed by atoms with Crippen LogP contribution in [0.25, 0.3) is 32.7 Å². The van der Waals surface area contributed by atoms with Crippen molar-refractivity contribution in [3.8, 4) is 16.9 Å². The fourth-order valence-electron chi connectivity index (χ4n) is 4.26.